The number of piperidine rings is 2. The average Bonchev–Trinajstić information content (AvgIpc) is 3.13. The second-order valence-corrected chi connectivity index (χ2v) is 11.2. The van der Waals surface area contributed by atoms with E-state index in [-0.39, 0.29) is 22.6 Å². The highest BCUT2D eigenvalue weighted by atomic mass is 32.2. The standard InChI is InChI=1S/C24H35N3O4S/c28-23(25-13-4-1-2-5-14-25)20-11-17-26(18-12-20)24(29)21-9-8-10-22(19-21)32(30,31)27-15-6-3-7-16-27/h8-10,19-20H,1-7,11-18H2. The lowest BCUT2D eigenvalue weighted by molar-refractivity contribution is -0.136. The summed E-state index contributed by atoms with van der Waals surface area (Å²) in [5.74, 6) is 0.0814. The van der Waals surface area contributed by atoms with E-state index in [1.165, 1.54) is 23.2 Å². The molecule has 0 N–H and O–H groups in total. The first-order valence-corrected chi connectivity index (χ1v) is 13.6. The third kappa shape index (κ3) is 5.17. The maximum Gasteiger partial charge on any atom is 0.253 e. The van der Waals surface area contributed by atoms with Crippen LogP contribution in [0.4, 0.5) is 0 Å². The van der Waals surface area contributed by atoms with E-state index in [0.717, 1.165) is 45.2 Å². The van der Waals surface area contributed by atoms with E-state index in [1.54, 1.807) is 23.1 Å². The number of hydrogen-bond acceptors (Lipinski definition) is 4. The Morgan fingerprint density at radius 2 is 1.34 bits per heavy atom. The monoisotopic (exact) mass is 461 g/mol. The summed E-state index contributed by atoms with van der Waals surface area (Å²) >= 11 is 0. The molecule has 8 heteroatoms. The number of carbonyl (C=O) groups excluding carboxylic acids is 2. The number of hydrogen-bond donors (Lipinski definition) is 0. The van der Waals surface area contributed by atoms with Crippen molar-refractivity contribution in [3.05, 3.63) is 29.8 Å². The molecule has 3 saturated heterocycles. The maximum absolute atomic E-state index is 13.1. The van der Waals surface area contributed by atoms with Crippen molar-refractivity contribution in [3.63, 3.8) is 0 Å². The molecule has 176 valence electrons. The first-order valence-electron chi connectivity index (χ1n) is 12.1. The van der Waals surface area contributed by atoms with E-state index in [0.29, 0.717) is 44.6 Å². The molecule has 0 radical (unpaired) electrons. The Balaban J connectivity index is 1.38. The Morgan fingerprint density at radius 3 is 2.00 bits per heavy atom. The normalized spacial score (nSPS) is 21.9. The Morgan fingerprint density at radius 1 is 0.750 bits per heavy atom. The smallest absolute Gasteiger partial charge is 0.253 e. The van der Waals surface area contributed by atoms with Gasteiger partial charge in [0.15, 0.2) is 0 Å². The molecule has 3 aliphatic rings. The summed E-state index contributed by atoms with van der Waals surface area (Å²) in [6.45, 7) is 3.86. The van der Waals surface area contributed by atoms with Crippen LogP contribution >= 0.6 is 0 Å². The third-order valence-corrected chi connectivity index (χ3v) is 8.98. The van der Waals surface area contributed by atoms with Gasteiger partial charge in [-0.05, 0) is 56.7 Å². The molecule has 0 bridgehead atoms. The molecule has 0 aliphatic carbocycles. The average molecular weight is 462 g/mol. The van der Waals surface area contributed by atoms with Crippen molar-refractivity contribution >= 4 is 21.8 Å². The first-order chi connectivity index (χ1) is 15.5. The topological polar surface area (TPSA) is 78.0 Å². The molecular weight excluding hydrogens is 426 g/mol. The van der Waals surface area contributed by atoms with Crippen LogP contribution < -0.4 is 0 Å². The minimum atomic E-state index is -3.57. The number of rotatable bonds is 4. The molecule has 32 heavy (non-hydrogen) atoms. The van der Waals surface area contributed by atoms with Crippen LogP contribution in [0.15, 0.2) is 29.2 Å². The van der Waals surface area contributed by atoms with Gasteiger partial charge in [0, 0.05) is 50.7 Å². The largest absolute Gasteiger partial charge is 0.342 e. The molecule has 7 nitrogen and oxygen atoms in total. The van der Waals surface area contributed by atoms with E-state index in [2.05, 4.69) is 0 Å². The maximum atomic E-state index is 13.1. The van der Waals surface area contributed by atoms with Gasteiger partial charge in [0.05, 0.1) is 4.90 Å². The van der Waals surface area contributed by atoms with Crippen LogP contribution in [0.5, 0.6) is 0 Å². The lowest BCUT2D eigenvalue weighted by Gasteiger charge is -2.34. The van der Waals surface area contributed by atoms with Crippen molar-refractivity contribution in [1.82, 2.24) is 14.1 Å². The van der Waals surface area contributed by atoms with E-state index in [9.17, 15) is 18.0 Å². The molecule has 0 spiro atoms. The number of likely N-dealkylation sites (tertiary alicyclic amines) is 2. The summed E-state index contributed by atoms with van der Waals surface area (Å²) in [4.78, 5) is 30.0. The van der Waals surface area contributed by atoms with E-state index >= 15 is 0 Å². The van der Waals surface area contributed by atoms with Gasteiger partial charge in [-0.25, -0.2) is 8.42 Å². The zero-order valence-electron chi connectivity index (χ0n) is 18.9. The second kappa shape index (κ2) is 10.3. The SMILES string of the molecule is O=C(c1cccc(S(=O)(=O)N2CCCCC2)c1)N1CCC(C(=O)N2CCCCCC2)CC1. The summed E-state index contributed by atoms with van der Waals surface area (Å²) in [5, 5.41) is 0. The second-order valence-electron chi connectivity index (χ2n) is 9.30. The van der Waals surface area contributed by atoms with Crippen molar-refractivity contribution in [1.29, 1.82) is 0 Å². The molecule has 0 aromatic heterocycles. The molecule has 0 unspecified atom stereocenters. The van der Waals surface area contributed by atoms with Crippen molar-refractivity contribution in [3.8, 4) is 0 Å². The molecule has 2 amide bonds. The van der Waals surface area contributed by atoms with E-state index in [4.69, 9.17) is 0 Å². The minimum Gasteiger partial charge on any atom is -0.342 e. The van der Waals surface area contributed by atoms with Crippen LogP contribution in [0.3, 0.4) is 0 Å². The predicted octanol–water partition coefficient (Wildman–Crippen LogP) is 3.12. The Kier molecular flexibility index (Phi) is 7.51. The van der Waals surface area contributed by atoms with Crippen molar-refractivity contribution in [2.75, 3.05) is 39.3 Å². The van der Waals surface area contributed by atoms with Crippen LogP contribution in [0.2, 0.25) is 0 Å². The fourth-order valence-electron chi connectivity index (χ4n) is 5.11. The van der Waals surface area contributed by atoms with Crippen LogP contribution in [-0.4, -0.2) is 73.6 Å². The fraction of sp³-hybridized carbons (Fsp3) is 0.667. The van der Waals surface area contributed by atoms with E-state index in [1.807, 2.05) is 4.90 Å². The summed E-state index contributed by atoms with van der Waals surface area (Å²) in [7, 11) is -3.57. The summed E-state index contributed by atoms with van der Waals surface area (Å²) in [5.41, 5.74) is 0.403. The van der Waals surface area contributed by atoms with Gasteiger partial charge in [0.1, 0.15) is 0 Å². The Bertz CT molecular complexity index is 911. The van der Waals surface area contributed by atoms with Gasteiger partial charge in [-0.3, -0.25) is 9.59 Å². The summed E-state index contributed by atoms with van der Waals surface area (Å²) in [6, 6.07) is 6.43. The fourth-order valence-corrected chi connectivity index (χ4v) is 6.67. The van der Waals surface area contributed by atoms with Gasteiger partial charge in [-0.2, -0.15) is 4.31 Å². The first kappa shape index (κ1) is 23.2. The highest BCUT2D eigenvalue weighted by molar-refractivity contribution is 7.89. The molecule has 1 aromatic rings. The highest BCUT2D eigenvalue weighted by Crippen LogP contribution is 2.25. The molecule has 3 fully saturated rings. The van der Waals surface area contributed by atoms with Crippen LogP contribution in [-0.2, 0) is 14.8 Å². The molecule has 4 rings (SSSR count). The number of nitrogens with zero attached hydrogens (tertiary/aromatic N) is 3. The van der Waals surface area contributed by atoms with Gasteiger partial charge in [0.25, 0.3) is 5.91 Å². The molecule has 3 aliphatic heterocycles. The lowest BCUT2D eigenvalue weighted by Crippen LogP contribution is -2.44. The van der Waals surface area contributed by atoms with Crippen LogP contribution in [0.25, 0.3) is 0 Å². The molecular formula is C24H35N3O4S. The van der Waals surface area contributed by atoms with Crippen molar-refractivity contribution in [2.45, 2.75) is 62.7 Å². The molecule has 3 heterocycles. The number of sulfonamides is 1. The number of carbonyl (C=O) groups is 2. The van der Waals surface area contributed by atoms with Gasteiger partial charge in [-0.1, -0.05) is 25.3 Å². The van der Waals surface area contributed by atoms with Gasteiger partial charge in [0.2, 0.25) is 15.9 Å². The molecule has 0 saturated carbocycles. The van der Waals surface area contributed by atoms with Gasteiger partial charge >= 0.3 is 0 Å². The van der Waals surface area contributed by atoms with Gasteiger partial charge in [-0.15, -0.1) is 0 Å². The number of benzene rings is 1. The zero-order chi connectivity index (χ0) is 22.6. The zero-order valence-corrected chi connectivity index (χ0v) is 19.7. The highest BCUT2D eigenvalue weighted by Gasteiger charge is 2.32. The van der Waals surface area contributed by atoms with Crippen LogP contribution in [0.1, 0.15) is 68.1 Å². The molecule has 1 aromatic carbocycles. The summed E-state index contributed by atoms with van der Waals surface area (Å²) < 4.78 is 27.5. The Hall–Kier alpha value is -1.93. The minimum absolute atomic E-state index is 0.0111. The third-order valence-electron chi connectivity index (χ3n) is 7.08. The summed E-state index contributed by atoms with van der Waals surface area (Å²) in [6.07, 6.45) is 8.72. The quantitative estimate of drug-likeness (QED) is 0.690. The van der Waals surface area contributed by atoms with Crippen molar-refractivity contribution in [2.24, 2.45) is 5.92 Å². The Labute approximate surface area is 191 Å². The van der Waals surface area contributed by atoms with E-state index < -0.39 is 10.0 Å². The van der Waals surface area contributed by atoms with Gasteiger partial charge < -0.3 is 9.80 Å². The van der Waals surface area contributed by atoms with Crippen LogP contribution in [0, 0.1) is 5.92 Å². The van der Waals surface area contributed by atoms with Crippen molar-refractivity contribution < 1.29 is 18.0 Å². The lowest BCUT2D eigenvalue weighted by atomic mass is 9.94. The predicted molar refractivity (Wildman–Crippen MR) is 123 cm³/mol. The number of amides is 2. The molecule has 0 atom stereocenters.